The zero-order valence-electron chi connectivity index (χ0n) is 14.4. The fourth-order valence-corrected chi connectivity index (χ4v) is 3.13. The maximum Gasteiger partial charge on any atom is 0.495 e. The van der Waals surface area contributed by atoms with Crippen LogP contribution in [0.5, 0.6) is 0 Å². The molecule has 2 heterocycles. The quantitative estimate of drug-likeness (QED) is 0.848. The summed E-state index contributed by atoms with van der Waals surface area (Å²) in [7, 11) is -0.407. The molecule has 4 nitrogen and oxygen atoms in total. The molecule has 1 fully saturated rings. The lowest BCUT2D eigenvalue weighted by Gasteiger charge is -2.32. The molecule has 1 amide bonds. The number of amides is 1. The van der Waals surface area contributed by atoms with Crippen LogP contribution in [0.2, 0.25) is 0 Å². The van der Waals surface area contributed by atoms with E-state index in [1.54, 1.807) is 0 Å². The van der Waals surface area contributed by atoms with Crippen LogP contribution in [0.1, 0.15) is 64.1 Å². The van der Waals surface area contributed by atoms with Crippen LogP contribution in [-0.4, -0.2) is 30.3 Å². The SMILES string of the molecule is CCC(CC)NC(=O)c1cc(B2OC(C)(C)C(C)(C)O2)cs1. The number of carbonyl (C=O) groups is 1. The van der Waals surface area contributed by atoms with Gasteiger partial charge in [0, 0.05) is 6.04 Å². The molecule has 1 aromatic rings. The summed E-state index contributed by atoms with van der Waals surface area (Å²) < 4.78 is 12.0. The Morgan fingerprint density at radius 1 is 1.23 bits per heavy atom. The molecule has 0 bridgehead atoms. The molecular formula is C16H26BNO3S. The highest BCUT2D eigenvalue weighted by molar-refractivity contribution is 7.13. The van der Waals surface area contributed by atoms with Crippen LogP contribution < -0.4 is 10.8 Å². The molecule has 0 aliphatic carbocycles. The molecule has 0 aromatic carbocycles. The number of carbonyl (C=O) groups excluding carboxylic acids is 1. The van der Waals surface area contributed by atoms with Crippen LogP contribution in [0.3, 0.4) is 0 Å². The molecule has 1 N–H and O–H groups in total. The van der Waals surface area contributed by atoms with E-state index >= 15 is 0 Å². The van der Waals surface area contributed by atoms with Gasteiger partial charge in [0.15, 0.2) is 0 Å². The molecule has 2 rings (SSSR count). The van der Waals surface area contributed by atoms with Gasteiger partial charge in [0.1, 0.15) is 0 Å². The van der Waals surface area contributed by atoms with Crippen molar-refractivity contribution in [3.63, 3.8) is 0 Å². The van der Waals surface area contributed by atoms with Crippen molar-refractivity contribution in [2.24, 2.45) is 0 Å². The summed E-state index contributed by atoms with van der Waals surface area (Å²) in [6.07, 6.45) is 1.88. The Bertz CT molecular complexity index is 521. The third-order valence-electron chi connectivity index (χ3n) is 4.69. The molecule has 0 radical (unpaired) electrons. The van der Waals surface area contributed by atoms with Gasteiger partial charge in [0.05, 0.1) is 16.1 Å². The number of rotatable bonds is 5. The van der Waals surface area contributed by atoms with E-state index in [0.29, 0.717) is 4.88 Å². The van der Waals surface area contributed by atoms with Crippen molar-refractivity contribution in [1.82, 2.24) is 5.32 Å². The molecule has 0 unspecified atom stereocenters. The number of nitrogens with one attached hydrogen (secondary N) is 1. The smallest absolute Gasteiger partial charge is 0.399 e. The predicted octanol–water partition coefficient (Wildman–Crippen LogP) is 2.97. The van der Waals surface area contributed by atoms with Gasteiger partial charge in [-0.25, -0.2) is 0 Å². The molecule has 6 heteroatoms. The Morgan fingerprint density at radius 2 is 1.77 bits per heavy atom. The first-order chi connectivity index (χ1) is 10.2. The largest absolute Gasteiger partial charge is 0.495 e. The van der Waals surface area contributed by atoms with E-state index < -0.39 is 7.12 Å². The molecule has 1 aliphatic heterocycles. The highest BCUT2D eigenvalue weighted by Gasteiger charge is 2.51. The molecule has 0 spiro atoms. The van der Waals surface area contributed by atoms with Gasteiger partial charge in [0.2, 0.25) is 0 Å². The Labute approximate surface area is 137 Å². The monoisotopic (exact) mass is 323 g/mol. The Morgan fingerprint density at radius 3 is 2.27 bits per heavy atom. The second kappa shape index (κ2) is 6.34. The minimum absolute atomic E-state index is 0.0125. The lowest BCUT2D eigenvalue weighted by Crippen LogP contribution is -2.41. The van der Waals surface area contributed by atoms with E-state index in [9.17, 15) is 4.79 Å². The third kappa shape index (κ3) is 3.39. The van der Waals surface area contributed by atoms with Crippen LogP contribution in [0.25, 0.3) is 0 Å². The molecule has 1 saturated heterocycles. The summed E-state index contributed by atoms with van der Waals surface area (Å²) in [6, 6.07) is 2.11. The van der Waals surface area contributed by atoms with E-state index in [4.69, 9.17) is 9.31 Å². The molecular weight excluding hydrogens is 297 g/mol. The van der Waals surface area contributed by atoms with Crippen molar-refractivity contribution < 1.29 is 14.1 Å². The maximum absolute atomic E-state index is 12.3. The minimum atomic E-state index is -0.407. The molecule has 0 atom stereocenters. The average molecular weight is 323 g/mol. The lowest BCUT2D eigenvalue weighted by molar-refractivity contribution is 0.00578. The minimum Gasteiger partial charge on any atom is -0.399 e. The molecule has 1 aromatic heterocycles. The zero-order chi connectivity index (χ0) is 16.5. The van der Waals surface area contributed by atoms with Gasteiger partial charge in [-0.3, -0.25) is 4.79 Å². The Hall–Kier alpha value is -0.845. The van der Waals surface area contributed by atoms with Gasteiger partial charge in [-0.15, -0.1) is 11.3 Å². The van der Waals surface area contributed by atoms with Crippen LogP contribution in [0.4, 0.5) is 0 Å². The van der Waals surface area contributed by atoms with E-state index in [0.717, 1.165) is 18.3 Å². The fraction of sp³-hybridized carbons (Fsp3) is 0.688. The average Bonchev–Trinajstić information content (AvgIpc) is 2.99. The van der Waals surface area contributed by atoms with Crippen molar-refractivity contribution in [3.05, 3.63) is 16.3 Å². The standard InChI is InChI=1S/C16H26BNO3S/c1-7-12(8-2)18-14(19)13-9-11(10-22-13)17-20-15(3,4)16(5,6)21-17/h9-10,12H,7-8H2,1-6H3,(H,18,19). The molecule has 122 valence electrons. The van der Waals surface area contributed by atoms with E-state index in [1.807, 2.05) is 39.1 Å². The first-order valence-corrected chi connectivity index (χ1v) is 8.83. The molecule has 1 aliphatic rings. The van der Waals surface area contributed by atoms with Gasteiger partial charge >= 0.3 is 7.12 Å². The van der Waals surface area contributed by atoms with Crippen molar-refractivity contribution in [2.75, 3.05) is 0 Å². The van der Waals surface area contributed by atoms with Crippen LogP contribution >= 0.6 is 11.3 Å². The summed E-state index contributed by atoms with van der Waals surface area (Å²) in [5.74, 6) is -0.0125. The van der Waals surface area contributed by atoms with Gasteiger partial charge in [-0.1, -0.05) is 13.8 Å². The van der Waals surface area contributed by atoms with E-state index in [-0.39, 0.29) is 23.2 Å². The van der Waals surface area contributed by atoms with Gasteiger partial charge < -0.3 is 14.6 Å². The van der Waals surface area contributed by atoms with Crippen LogP contribution in [0.15, 0.2) is 11.4 Å². The first-order valence-electron chi connectivity index (χ1n) is 7.95. The summed E-state index contributed by atoms with van der Waals surface area (Å²) in [4.78, 5) is 13.0. The van der Waals surface area contributed by atoms with Gasteiger partial charge in [0.25, 0.3) is 5.91 Å². The Kier molecular flexibility index (Phi) is 5.04. The van der Waals surface area contributed by atoms with Crippen molar-refractivity contribution in [3.8, 4) is 0 Å². The summed E-state index contributed by atoms with van der Waals surface area (Å²) >= 11 is 1.44. The predicted molar refractivity (Wildman–Crippen MR) is 91.9 cm³/mol. The fourth-order valence-electron chi connectivity index (χ4n) is 2.32. The van der Waals surface area contributed by atoms with E-state index in [2.05, 4.69) is 19.2 Å². The number of thiophene rings is 1. The van der Waals surface area contributed by atoms with Crippen molar-refractivity contribution in [2.45, 2.75) is 71.6 Å². The van der Waals surface area contributed by atoms with Gasteiger partial charge in [-0.2, -0.15) is 0 Å². The number of hydrogen-bond donors (Lipinski definition) is 1. The zero-order valence-corrected chi connectivity index (χ0v) is 15.2. The highest BCUT2D eigenvalue weighted by Crippen LogP contribution is 2.36. The molecule has 22 heavy (non-hydrogen) atoms. The van der Waals surface area contributed by atoms with Crippen molar-refractivity contribution >= 4 is 29.8 Å². The van der Waals surface area contributed by atoms with Crippen LogP contribution in [0, 0.1) is 0 Å². The normalized spacial score (nSPS) is 19.7. The lowest BCUT2D eigenvalue weighted by atomic mass is 9.81. The van der Waals surface area contributed by atoms with Gasteiger partial charge in [-0.05, 0) is 57.4 Å². The second-order valence-corrected chi connectivity index (χ2v) is 7.73. The third-order valence-corrected chi connectivity index (χ3v) is 5.64. The van der Waals surface area contributed by atoms with E-state index in [1.165, 1.54) is 11.3 Å². The summed E-state index contributed by atoms with van der Waals surface area (Å²) in [6.45, 7) is 12.3. The first kappa shape index (κ1) is 17.5. The topological polar surface area (TPSA) is 47.6 Å². The van der Waals surface area contributed by atoms with Crippen LogP contribution in [-0.2, 0) is 9.31 Å². The number of hydrogen-bond acceptors (Lipinski definition) is 4. The molecule has 0 saturated carbocycles. The van der Waals surface area contributed by atoms with Crippen molar-refractivity contribution in [1.29, 1.82) is 0 Å². The second-order valence-electron chi connectivity index (χ2n) is 6.82. The Balaban J connectivity index is 2.08. The maximum atomic E-state index is 12.3. The highest BCUT2D eigenvalue weighted by atomic mass is 32.1. The summed E-state index contributed by atoms with van der Waals surface area (Å²) in [5.41, 5.74) is 0.188. The summed E-state index contributed by atoms with van der Waals surface area (Å²) in [5, 5.41) is 5.01.